The van der Waals surface area contributed by atoms with Gasteiger partial charge in [-0.3, -0.25) is 4.79 Å². The van der Waals surface area contributed by atoms with Crippen LogP contribution in [0.15, 0.2) is 42.5 Å². The maximum absolute atomic E-state index is 14.1. The summed E-state index contributed by atoms with van der Waals surface area (Å²) in [6.07, 6.45) is 0.601. The fourth-order valence-corrected chi connectivity index (χ4v) is 4.01. The highest BCUT2D eigenvalue weighted by molar-refractivity contribution is 5.85. The second-order valence-electron chi connectivity index (χ2n) is 7.11. The molecular weight excluding hydrogens is 386 g/mol. The predicted octanol–water partition coefficient (Wildman–Crippen LogP) is 3.67. The number of amides is 1. The monoisotopic (exact) mass is 408 g/mol. The minimum atomic E-state index is -0.599. The van der Waals surface area contributed by atoms with Gasteiger partial charge in [-0.05, 0) is 30.0 Å². The normalized spacial score (nSPS) is 23.7. The first-order valence-corrected chi connectivity index (χ1v) is 9.19. The third-order valence-electron chi connectivity index (χ3n) is 5.49. The zero-order valence-corrected chi connectivity index (χ0v) is 16.3. The molecule has 28 heavy (non-hydrogen) atoms. The van der Waals surface area contributed by atoms with E-state index in [-0.39, 0.29) is 36.2 Å². The van der Waals surface area contributed by atoms with E-state index in [9.17, 15) is 13.6 Å². The van der Waals surface area contributed by atoms with Crippen LogP contribution >= 0.6 is 12.4 Å². The van der Waals surface area contributed by atoms with E-state index in [1.54, 1.807) is 7.11 Å². The van der Waals surface area contributed by atoms with Crippen molar-refractivity contribution in [3.63, 3.8) is 0 Å². The van der Waals surface area contributed by atoms with Crippen molar-refractivity contribution >= 4 is 18.3 Å². The van der Waals surface area contributed by atoms with Gasteiger partial charge in [0.15, 0.2) is 0 Å². The summed E-state index contributed by atoms with van der Waals surface area (Å²) < 4.78 is 32.7. The van der Waals surface area contributed by atoms with Crippen molar-refractivity contribution in [2.45, 2.75) is 18.4 Å². The number of para-hydroxylation sites is 1. The number of carbonyl (C=O) groups is 1. The van der Waals surface area contributed by atoms with Crippen LogP contribution in [0, 0.1) is 17.6 Å². The maximum atomic E-state index is 14.1. The lowest BCUT2D eigenvalue weighted by Gasteiger charge is -2.37. The highest BCUT2D eigenvalue weighted by Crippen LogP contribution is 2.50. The van der Waals surface area contributed by atoms with Gasteiger partial charge in [-0.25, -0.2) is 8.78 Å². The number of methoxy groups -OCH3 is 1. The number of nitrogens with zero attached hydrogens (tertiary/aromatic N) is 1. The van der Waals surface area contributed by atoms with Crippen molar-refractivity contribution in [1.29, 1.82) is 0 Å². The Balaban J connectivity index is 0.00000225. The molecule has 4 rings (SSSR count). The molecule has 2 aliphatic rings. The average molecular weight is 409 g/mol. The lowest BCUT2D eigenvalue weighted by molar-refractivity contribution is -0.136. The van der Waals surface area contributed by atoms with E-state index < -0.39 is 11.6 Å². The smallest absolute Gasteiger partial charge is 0.226 e. The molecule has 3 unspecified atom stereocenters. The van der Waals surface area contributed by atoms with Crippen LogP contribution in [0.2, 0.25) is 0 Å². The molecule has 0 radical (unpaired) electrons. The summed E-state index contributed by atoms with van der Waals surface area (Å²) in [5.74, 6) is -0.816. The Morgan fingerprint density at radius 1 is 1.18 bits per heavy atom. The predicted molar refractivity (Wildman–Crippen MR) is 105 cm³/mol. The summed E-state index contributed by atoms with van der Waals surface area (Å²) in [5.41, 5.74) is 1.39. The van der Waals surface area contributed by atoms with E-state index in [2.05, 4.69) is 5.32 Å². The molecule has 1 aliphatic carbocycles. The number of nitrogens with one attached hydrogen (secondary N) is 1. The van der Waals surface area contributed by atoms with Crippen molar-refractivity contribution in [3.8, 4) is 5.75 Å². The maximum Gasteiger partial charge on any atom is 0.226 e. The van der Waals surface area contributed by atoms with Gasteiger partial charge in [0.2, 0.25) is 5.91 Å². The Kier molecular flexibility index (Phi) is 6.20. The van der Waals surface area contributed by atoms with Gasteiger partial charge in [-0.15, -0.1) is 12.4 Å². The third kappa shape index (κ3) is 3.84. The molecule has 2 aromatic rings. The van der Waals surface area contributed by atoms with Gasteiger partial charge < -0.3 is 15.0 Å². The number of rotatable bonds is 4. The molecule has 2 fully saturated rings. The van der Waals surface area contributed by atoms with Crippen LogP contribution in [0.5, 0.6) is 5.75 Å². The van der Waals surface area contributed by atoms with Gasteiger partial charge in [0.1, 0.15) is 17.4 Å². The number of carbonyl (C=O) groups excluding carboxylic acids is 1. The molecule has 0 spiro atoms. The number of ether oxygens (including phenoxy) is 1. The van der Waals surface area contributed by atoms with E-state index in [0.29, 0.717) is 25.1 Å². The second kappa shape index (κ2) is 8.45. The summed E-state index contributed by atoms with van der Waals surface area (Å²) in [6, 6.07) is 11.2. The van der Waals surface area contributed by atoms with Gasteiger partial charge in [0, 0.05) is 37.2 Å². The van der Waals surface area contributed by atoms with Gasteiger partial charge in [-0.1, -0.05) is 24.3 Å². The lowest BCUT2D eigenvalue weighted by Crippen LogP contribution is -2.49. The van der Waals surface area contributed by atoms with Crippen molar-refractivity contribution in [3.05, 3.63) is 65.2 Å². The molecule has 0 aromatic heterocycles. The summed E-state index contributed by atoms with van der Waals surface area (Å²) in [4.78, 5) is 15.0. The van der Waals surface area contributed by atoms with Crippen molar-refractivity contribution in [2.24, 2.45) is 5.92 Å². The fourth-order valence-electron chi connectivity index (χ4n) is 4.01. The van der Waals surface area contributed by atoms with Gasteiger partial charge >= 0.3 is 0 Å². The van der Waals surface area contributed by atoms with E-state index in [4.69, 9.17) is 4.74 Å². The molecule has 1 heterocycles. The van der Waals surface area contributed by atoms with Crippen LogP contribution < -0.4 is 10.1 Å². The molecular formula is C21H23ClF2N2O2. The molecule has 150 valence electrons. The first-order valence-electron chi connectivity index (χ1n) is 9.19. The summed E-state index contributed by atoms with van der Waals surface area (Å²) in [7, 11) is 1.62. The number of benzene rings is 2. The molecule has 1 amide bonds. The lowest BCUT2D eigenvalue weighted by atomic mass is 10.0. The highest BCUT2D eigenvalue weighted by Gasteiger charge is 2.48. The SMILES string of the molecule is COc1ccccc1C1CNCCN1C(=O)C1CC1c1ccc(F)cc1F.Cl. The first-order chi connectivity index (χ1) is 13.1. The van der Waals surface area contributed by atoms with Gasteiger partial charge in [0.05, 0.1) is 13.2 Å². The largest absolute Gasteiger partial charge is 0.496 e. The Morgan fingerprint density at radius 3 is 2.71 bits per heavy atom. The number of piperazine rings is 1. The zero-order chi connectivity index (χ0) is 19.0. The van der Waals surface area contributed by atoms with Crippen molar-refractivity contribution in [1.82, 2.24) is 10.2 Å². The quantitative estimate of drug-likeness (QED) is 0.839. The van der Waals surface area contributed by atoms with E-state index >= 15 is 0 Å². The minimum absolute atomic E-state index is 0. The van der Waals surface area contributed by atoms with E-state index in [0.717, 1.165) is 23.9 Å². The van der Waals surface area contributed by atoms with Gasteiger partial charge in [-0.2, -0.15) is 0 Å². The molecule has 4 nitrogen and oxygen atoms in total. The standard InChI is InChI=1S/C21H22F2N2O2.ClH/c1-27-20-5-3-2-4-15(20)19-12-24-8-9-25(19)21(26)17-11-16(17)14-7-6-13(22)10-18(14)23;/h2-7,10,16-17,19,24H,8-9,11-12H2,1H3;1H. The third-order valence-corrected chi connectivity index (χ3v) is 5.49. The Hall–Kier alpha value is -2.18. The van der Waals surface area contributed by atoms with Gasteiger partial charge in [0.25, 0.3) is 0 Å². The molecule has 0 bridgehead atoms. The topological polar surface area (TPSA) is 41.6 Å². The summed E-state index contributed by atoms with van der Waals surface area (Å²) >= 11 is 0. The summed E-state index contributed by atoms with van der Waals surface area (Å²) in [5, 5.41) is 3.34. The van der Waals surface area contributed by atoms with Crippen molar-refractivity contribution < 1.29 is 18.3 Å². The molecule has 3 atom stereocenters. The molecule has 1 aliphatic heterocycles. The molecule has 2 aromatic carbocycles. The van der Waals surface area contributed by atoms with E-state index in [1.165, 1.54) is 12.1 Å². The molecule has 1 saturated heterocycles. The second-order valence-corrected chi connectivity index (χ2v) is 7.11. The number of halogens is 3. The first kappa shape index (κ1) is 20.6. The molecule has 1 N–H and O–H groups in total. The molecule has 1 saturated carbocycles. The van der Waals surface area contributed by atoms with Crippen molar-refractivity contribution in [2.75, 3.05) is 26.7 Å². The van der Waals surface area contributed by atoms with Crippen LogP contribution in [0.1, 0.15) is 29.5 Å². The number of hydrogen-bond donors (Lipinski definition) is 1. The highest BCUT2D eigenvalue weighted by atomic mass is 35.5. The fraction of sp³-hybridized carbons (Fsp3) is 0.381. The Bertz CT molecular complexity index is 864. The van der Waals surface area contributed by atoms with Crippen LogP contribution in [-0.4, -0.2) is 37.6 Å². The zero-order valence-electron chi connectivity index (χ0n) is 15.5. The van der Waals surface area contributed by atoms with Crippen LogP contribution in [0.4, 0.5) is 8.78 Å². The van der Waals surface area contributed by atoms with E-state index in [1.807, 2.05) is 29.2 Å². The van der Waals surface area contributed by atoms with Crippen LogP contribution in [0.3, 0.4) is 0 Å². The van der Waals surface area contributed by atoms with Crippen LogP contribution in [0.25, 0.3) is 0 Å². The Morgan fingerprint density at radius 2 is 1.96 bits per heavy atom. The minimum Gasteiger partial charge on any atom is -0.496 e. The average Bonchev–Trinajstić information content (AvgIpc) is 3.48. The Labute approximate surface area is 169 Å². The molecule has 7 heteroatoms. The summed E-state index contributed by atoms with van der Waals surface area (Å²) in [6.45, 7) is 1.96. The number of hydrogen-bond acceptors (Lipinski definition) is 3. The van der Waals surface area contributed by atoms with Crippen LogP contribution in [-0.2, 0) is 4.79 Å².